The first kappa shape index (κ1) is 15.2. The minimum absolute atomic E-state index is 0.189. The molecule has 2 aromatic carbocycles. The van der Waals surface area contributed by atoms with Gasteiger partial charge in [-0.3, -0.25) is 0 Å². The van der Waals surface area contributed by atoms with Gasteiger partial charge in [-0.15, -0.1) is 0 Å². The average Bonchev–Trinajstić information content (AvgIpc) is 2.48. The van der Waals surface area contributed by atoms with Crippen molar-refractivity contribution < 1.29 is 9.47 Å². The van der Waals surface area contributed by atoms with Crippen molar-refractivity contribution in [2.24, 2.45) is 0 Å². The fraction of sp³-hybridized carbons (Fsp3) is 0.333. The van der Waals surface area contributed by atoms with Crippen molar-refractivity contribution in [2.45, 2.75) is 32.9 Å². The SMILES string of the molecule is COc1ccccc1NC(C)c1ccc(OC(C)C)cc1. The maximum atomic E-state index is 5.66. The summed E-state index contributed by atoms with van der Waals surface area (Å²) in [5.41, 5.74) is 2.20. The third kappa shape index (κ3) is 4.15. The molecule has 0 saturated heterocycles. The number of methoxy groups -OCH3 is 1. The van der Waals surface area contributed by atoms with Crippen LogP contribution in [-0.2, 0) is 0 Å². The van der Waals surface area contributed by atoms with Gasteiger partial charge in [-0.2, -0.15) is 0 Å². The Morgan fingerprint density at radius 1 is 0.905 bits per heavy atom. The maximum absolute atomic E-state index is 5.66. The monoisotopic (exact) mass is 285 g/mol. The van der Waals surface area contributed by atoms with Crippen LogP contribution in [0, 0.1) is 0 Å². The molecule has 3 heteroatoms. The molecule has 0 bridgehead atoms. The molecule has 0 aliphatic rings. The Hall–Kier alpha value is -2.16. The molecule has 2 aromatic rings. The second-order valence-corrected chi connectivity index (χ2v) is 5.30. The van der Waals surface area contributed by atoms with Gasteiger partial charge < -0.3 is 14.8 Å². The van der Waals surface area contributed by atoms with Gasteiger partial charge in [0.1, 0.15) is 11.5 Å². The number of hydrogen-bond acceptors (Lipinski definition) is 3. The van der Waals surface area contributed by atoms with E-state index in [0.717, 1.165) is 17.2 Å². The third-order valence-electron chi connectivity index (χ3n) is 3.23. The lowest BCUT2D eigenvalue weighted by atomic mass is 10.1. The molecular formula is C18H23NO2. The molecule has 0 fully saturated rings. The highest BCUT2D eigenvalue weighted by molar-refractivity contribution is 5.57. The van der Waals surface area contributed by atoms with Gasteiger partial charge in [-0.05, 0) is 50.6 Å². The van der Waals surface area contributed by atoms with E-state index in [1.54, 1.807) is 7.11 Å². The van der Waals surface area contributed by atoms with Crippen LogP contribution in [0.4, 0.5) is 5.69 Å². The van der Waals surface area contributed by atoms with E-state index in [-0.39, 0.29) is 12.1 Å². The summed E-state index contributed by atoms with van der Waals surface area (Å²) in [5.74, 6) is 1.75. The molecule has 21 heavy (non-hydrogen) atoms. The van der Waals surface area contributed by atoms with E-state index in [1.165, 1.54) is 5.56 Å². The van der Waals surface area contributed by atoms with E-state index in [1.807, 2.05) is 50.2 Å². The normalized spacial score (nSPS) is 12.0. The van der Waals surface area contributed by atoms with Crippen LogP contribution < -0.4 is 14.8 Å². The Morgan fingerprint density at radius 2 is 1.57 bits per heavy atom. The summed E-state index contributed by atoms with van der Waals surface area (Å²) >= 11 is 0. The smallest absolute Gasteiger partial charge is 0.141 e. The highest BCUT2D eigenvalue weighted by atomic mass is 16.5. The Kier molecular flexibility index (Phi) is 5.09. The summed E-state index contributed by atoms with van der Waals surface area (Å²) < 4.78 is 11.0. The summed E-state index contributed by atoms with van der Waals surface area (Å²) in [7, 11) is 1.68. The number of hydrogen-bond donors (Lipinski definition) is 1. The Balaban J connectivity index is 2.07. The Bertz CT molecular complexity index is 564. The fourth-order valence-corrected chi connectivity index (χ4v) is 2.19. The van der Waals surface area contributed by atoms with Gasteiger partial charge in [0.25, 0.3) is 0 Å². The first-order chi connectivity index (χ1) is 10.1. The first-order valence-corrected chi connectivity index (χ1v) is 7.26. The molecule has 3 nitrogen and oxygen atoms in total. The molecule has 0 spiro atoms. The molecule has 0 radical (unpaired) electrons. The van der Waals surface area contributed by atoms with Gasteiger partial charge in [0.2, 0.25) is 0 Å². The Morgan fingerprint density at radius 3 is 2.19 bits per heavy atom. The van der Waals surface area contributed by atoms with E-state index in [2.05, 4.69) is 24.4 Å². The summed E-state index contributed by atoms with van der Waals surface area (Å²) in [6, 6.07) is 16.3. The standard InChI is InChI=1S/C18H23NO2/c1-13(2)21-16-11-9-15(10-12-16)14(3)19-17-7-5-6-8-18(17)20-4/h5-14,19H,1-4H3. The van der Waals surface area contributed by atoms with Gasteiger partial charge >= 0.3 is 0 Å². The molecule has 0 saturated carbocycles. The van der Waals surface area contributed by atoms with Gasteiger partial charge in [0, 0.05) is 6.04 Å². The van der Waals surface area contributed by atoms with E-state index < -0.39 is 0 Å². The molecule has 1 atom stereocenters. The van der Waals surface area contributed by atoms with Gasteiger partial charge in [0.05, 0.1) is 18.9 Å². The third-order valence-corrected chi connectivity index (χ3v) is 3.23. The summed E-state index contributed by atoms with van der Waals surface area (Å²) in [6.07, 6.45) is 0.194. The molecule has 0 amide bonds. The van der Waals surface area contributed by atoms with Crippen molar-refractivity contribution in [2.75, 3.05) is 12.4 Å². The van der Waals surface area contributed by atoms with Crippen molar-refractivity contribution in [3.8, 4) is 11.5 Å². The molecule has 0 aliphatic carbocycles. The predicted molar refractivity (Wildman–Crippen MR) is 87.2 cm³/mol. The fourth-order valence-electron chi connectivity index (χ4n) is 2.19. The van der Waals surface area contributed by atoms with Gasteiger partial charge in [0.15, 0.2) is 0 Å². The lowest BCUT2D eigenvalue weighted by molar-refractivity contribution is 0.242. The lowest BCUT2D eigenvalue weighted by Crippen LogP contribution is -2.08. The van der Waals surface area contributed by atoms with Crippen LogP contribution in [0.5, 0.6) is 11.5 Å². The minimum Gasteiger partial charge on any atom is -0.495 e. The highest BCUT2D eigenvalue weighted by Gasteiger charge is 2.09. The van der Waals surface area contributed by atoms with E-state index in [4.69, 9.17) is 9.47 Å². The number of benzene rings is 2. The zero-order valence-electron chi connectivity index (χ0n) is 13.1. The number of nitrogens with one attached hydrogen (secondary N) is 1. The van der Waals surface area contributed by atoms with Crippen molar-refractivity contribution in [3.63, 3.8) is 0 Å². The molecule has 0 aliphatic heterocycles. The number of ether oxygens (including phenoxy) is 2. The maximum Gasteiger partial charge on any atom is 0.141 e. The molecule has 112 valence electrons. The summed E-state index contributed by atoms with van der Waals surface area (Å²) in [4.78, 5) is 0. The zero-order valence-corrected chi connectivity index (χ0v) is 13.1. The molecule has 0 aromatic heterocycles. The molecular weight excluding hydrogens is 262 g/mol. The molecule has 2 rings (SSSR count). The number of para-hydroxylation sites is 2. The van der Waals surface area contributed by atoms with Crippen molar-refractivity contribution in [1.82, 2.24) is 0 Å². The van der Waals surface area contributed by atoms with Crippen LogP contribution in [0.3, 0.4) is 0 Å². The molecule has 1 unspecified atom stereocenters. The van der Waals surface area contributed by atoms with Gasteiger partial charge in [-0.1, -0.05) is 24.3 Å². The number of anilines is 1. The van der Waals surface area contributed by atoms with Crippen LogP contribution >= 0.6 is 0 Å². The molecule has 0 heterocycles. The average molecular weight is 285 g/mol. The van der Waals surface area contributed by atoms with Crippen LogP contribution in [0.25, 0.3) is 0 Å². The van der Waals surface area contributed by atoms with Crippen LogP contribution in [0.15, 0.2) is 48.5 Å². The van der Waals surface area contributed by atoms with Gasteiger partial charge in [-0.25, -0.2) is 0 Å². The second-order valence-electron chi connectivity index (χ2n) is 5.30. The summed E-state index contributed by atoms with van der Waals surface area (Å²) in [5, 5.41) is 3.47. The highest BCUT2D eigenvalue weighted by Crippen LogP contribution is 2.28. The van der Waals surface area contributed by atoms with Crippen molar-refractivity contribution in [1.29, 1.82) is 0 Å². The van der Waals surface area contributed by atoms with E-state index >= 15 is 0 Å². The number of rotatable bonds is 6. The van der Waals surface area contributed by atoms with Crippen LogP contribution in [-0.4, -0.2) is 13.2 Å². The lowest BCUT2D eigenvalue weighted by Gasteiger charge is -2.18. The zero-order chi connectivity index (χ0) is 15.2. The summed E-state index contributed by atoms with van der Waals surface area (Å²) in [6.45, 7) is 6.18. The topological polar surface area (TPSA) is 30.5 Å². The van der Waals surface area contributed by atoms with Crippen molar-refractivity contribution >= 4 is 5.69 Å². The Labute approximate surface area is 126 Å². The minimum atomic E-state index is 0.189. The van der Waals surface area contributed by atoms with Crippen molar-refractivity contribution in [3.05, 3.63) is 54.1 Å². The van der Waals surface area contributed by atoms with Crippen LogP contribution in [0.1, 0.15) is 32.4 Å². The van der Waals surface area contributed by atoms with E-state index in [0.29, 0.717) is 0 Å². The molecule has 1 N–H and O–H groups in total. The quantitative estimate of drug-likeness (QED) is 0.837. The van der Waals surface area contributed by atoms with Crippen LogP contribution in [0.2, 0.25) is 0 Å². The predicted octanol–water partition coefficient (Wildman–Crippen LogP) is 4.66. The second kappa shape index (κ2) is 7.02. The largest absolute Gasteiger partial charge is 0.495 e. The van der Waals surface area contributed by atoms with E-state index in [9.17, 15) is 0 Å². The first-order valence-electron chi connectivity index (χ1n) is 7.26.